The normalized spacial score (nSPS) is 14.1. The second kappa shape index (κ2) is 7.05. The Bertz CT molecular complexity index is 816. The van der Waals surface area contributed by atoms with Gasteiger partial charge in [-0.25, -0.2) is 4.39 Å². The lowest BCUT2D eigenvalue weighted by Gasteiger charge is -2.11. The summed E-state index contributed by atoms with van der Waals surface area (Å²) in [5.41, 5.74) is 0.736. The van der Waals surface area contributed by atoms with Crippen LogP contribution in [0.25, 0.3) is 11.1 Å². The van der Waals surface area contributed by atoms with Crippen LogP contribution in [0.15, 0.2) is 42.5 Å². The molecule has 1 unspecified atom stereocenters. The Hall–Kier alpha value is -2.69. The smallest absolute Gasteiger partial charge is 0.312 e. The van der Waals surface area contributed by atoms with Gasteiger partial charge in [0.05, 0.1) is 13.0 Å². The fraction of sp³-hybridized carbons (Fsp3) is 0.222. The Kier molecular flexibility index (Phi) is 3.93. The van der Waals surface area contributed by atoms with Gasteiger partial charge >= 0.3 is 11.9 Å². The maximum atomic E-state index is 14.5. The molecule has 2 rings (SSSR count). The minimum atomic E-state index is -2.66. The minimum absolute atomic E-state index is 0.00892. The molecule has 0 heterocycles. The van der Waals surface area contributed by atoms with Crippen LogP contribution < -0.4 is 4.74 Å². The monoisotopic (exact) mass is 319 g/mol. The van der Waals surface area contributed by atoms with Gasteiger partial charge in [-0.05, 0) is 36.2 Å². The molecule has 2 aromatic carbocycles. The summed E-state index contributed by atoms with van der Waals surface area (Å²) in [6.45, 7) is -1.39. The van der Waals surface area contributed by atoms with Crippen LogP contribution in [0.5, 0.6) is 5.75 Å². The van der Waals surface area contributed by atoms with Gasteiger partial charge in [0.1, 0.15) is 11.6 Å². The Morgan fingerprint density at radius 3 is 2.39 bits per heavy atom. The summed E-state index contributed by atoms with van der Waals surface area (Å²) in [5, 5.41) is 0. The summed E-state index contributed by atoms with van der Waals surface area (Å²) in [6.07, 6.45) is 0. The largest absolute Gasteiger partial charge is 0.469 e. The van der Waals surface area contributed by atoms with Crippen molar-refractivity contribution in [3.63, 3.8) is 0 Å². The average Bonchev–Trinajstić information content (AvgIpc) is 2.54. The minimum Gasteiger partial charge on any atom is -0.469 e. The Morgan fingerprint density at radius 1 is 1.17 bits per heavy atom. The Morgan fingerprint density at radius 2 is 1.87 bits per heavy atom. The molecule has 0 aromatic heterocycles. The Balaban J connectivity index is 2.37. The lowest BCUT2D eigenvalue weighted by Crippen LogP contribution is -2.11. The molecule has 120 valence electrons. The number of hydrogen-bond donors (Lipinski definition) is 0. The summed E-state index contributed by atoms with van der Waals surface area (Å²) in [4.78, 5) is 22.7. The van der Waals surface area contributed by atoms with Crippen LogP contribution in [0.4, 0.5) is 4.39 Å². The molecular weight excluding hydrogens is 299 g/mol. The second-order valence-electron chi connectivity index (χ2n) is 4.81. The molecule has 0 bridgehead atoms. The summed E-state index contributed by atoms with van der Waals surface area (Å²) in [7, 11) is 1.08. The van der Waals surface area contributed by atoms with E-state index in [2.05, 4.69) is 4.74 Å². The van der Waals surface area contributed by atoms with Gasteiger partial charge < -0.3 is 9.47 Å². The molecule has 0 aliphatic heterocycles. The third kappa shape index (κ3) is 3.94. The van der Waals surface area contributed by atoms with Crippen molar-refractivity contribution in [3.05, 3.63) is 53.8 Å². The standard InChI is InChI=1S/C18H17FO4/c1-11(18(21)22-3)14-6-9-16(17(19)10-14)13-4-7-15(8-5-13)23-12(2)20/h4-11H,1-3H3/i1D3. The van der Waals surface area contributed by atoms with E-state index in [4.69, 9.17) is 8.85 Å². The van der Waals surface area contributed by atoms with E-state index in [1.807, 2.05) is 0 Å². The molecule has 0 amide bonds. The zero-order valence-electron chi connectivity index (χ0n) is 15.6. The van der Waals surface area contributed by atoms with E-state index in [1.54, 1.807) is 12.1 Å². The van der Waals surface area contributed by atoms with Crippen LogP contribution in [0.1, 0.15) is 29.4 Å². The molecule has 2 aromatic rings. The summed E-state index contributed by atoms with van der Waals surface area (Å²) in [6, 6.07) is 9.96. The molecule has 0 saturated heterocycles. The summed E-state index contributed by atoms with van der Waals surface area (Å²) >= 11 is 0. The van der Waals surface area contributed by atoms with Crippen molar-refractivity contribution >= 4 is 11.9 Å². The molecule has 0 aliphatic rings. The maximum absolute atomic E-state index is 14.5. The molecule has 0 fully saturated rings. The van der Waals surface area contributed by atoms with Crippen molar-refractivity contribution in [1.82, 2.24) is 0 Å². The summed E-state index contributed by atoms with van der Waals surface area (Å²) < 4.78 is 46.5. The molecular formula is C18H17FO4. The van der Waals surface area contributed by atoms with E-state index in [0.717, 1.165) is 13.2 Å². The number of benzene rings is 2. The number of esters is 2. The number of ether oxygens (including phenoxy) is 2. The molecule has 23 heavy (non-hydrogen) atoms. The highest BCUT2D eigenvalue weighted by atomic mass is 19.1. The van der Waals surface area contributed by atoms with E-state index in [0.29, 0.717) is 11.3 Å². The quantitative estimate of drug-likeness (QED) is 0.637. The Labute approximate surface area is 138 Å². The summed E-state index contributed by atoms with van der Waals surface area (Å²) in [5.74, 6) is -3.34. The van der Waals surface area contributed by atoms with Gasteiger partial charge in [-0.2, -0.15) is 0 Å². The van der Waals surface area contributed by atoms with Crippen molar-refractivity contribution in [3.8, 4) is 16.9 Å². The molecule has 0 saturated carbocycles. The van der Waals surface area contributed by atoms with Crippen LogP contribution in [-0.4, -0.2) is 19.0 Å². The topological polar surface area (TPSA) is 52.6 Å². The van der Waals surface area contributed by atoms with E-state index < -0.39 is 30.5 Å². The first kappa shape index (κ1) is 12.8. The SMILES string of the molecule is [2H]C([2H])([2H])C(C(=O)OC)c1ccc(-c2ccc(OC(C)=O)cc2)c(F)c1. The van der Waals surface area contributed by atoms with Crippen LogP contribution >= 0.6 is 0 Å². The van der Waals surface area contributed by atoms with Gasteiger partial charge in [-0.15, -0.1) is 0 Å². The van der Waals surface area contributed by atoms with Crippen LogP contribution in [-0.2, 0) is 14.3 Å². The van der Waals surface area contributed by atoms with Crippen LogP contribution in [0.2, 0.25) is 0 Å². The van der Waals surface area contributed by atoms with Crippen molar-refractivity contribution in [2.45, 2.75) is 19.7 Å². The second-order valence-corrected chi connectivity index (χ2v) is 4.81. The highest BCUT2D eigenvalue weighted by Gasteiger charge is 2.17. The van der Waals surface area contributed by atoms with Gasteiger partial charge in [0.25, 0.3) is 0 Å². The highest BCUT2D eigenvalue weighted by Crippen LogP contribution is 2.28. The van der Waals surface area contributed by atoms with E-state index in [9.17, 15) is 14.0 Å². The van der Waals surface area contributed by atoms with Crippen LogP contribution in [0.3, 0.4) is 0 Å². The number of rotatable bonds is 4. The number of hydrogen-bond acceptors (Lipinski definition) is 4. The van der Waals surface area contributed by atoms with Gasteiger partial charge in [0.15, 0.2) is 0 Å². The third-order valence-corrected chi connectivity index (χ3v) is 3.19. The van der Waals surface area contributed by atoms with Crippen molar-refractivity contribution in [2.24, 2.45) is 0 Å². The maximum Gasteiger partial charge on any atom is 0.312 e. The number of carbonyl (C=O) groups is 2. The van der Waals surface area contributed by atoms with Crippen molar-refractivity contribution < 1.29 is 27.6 Å². The fourth-order valence-corrected chi connectivity index (χ4v) is 2.07. The molecule has 0 N–H and O–H groups in total. The van der Waals surface area contributed by atoms with Gasteiger partial charge in [0, 0.05) is 16.6 Å². The van der Waals surface area contributed by atoms with E-state index in [1.165, 1.54) is 31.2 Å². The zero-order chi connectivity index (χ0) is 19.5. The van der Waals surface area contributed by atoms with Gasteiger partial charge in [-0.1, -0.05) is 24.3 Å². The fourth-order valence-electron chi connectivity index (χ4n) is 2.07. The third-order valence-electron chi connectivity index (χ3n) is 3.19. The lowest BCUT2D eigenvalue weighted by atomic mass is 9.97. The first-order chi connectivity index (χ1) is 12.1. The molecule has 4 nitrogen and oxygen atoms in total. The molecule has 0 aliphatic carbocycles. The van der Waals surface area contributed by atoms with Crippen LogP contribution in [0, 0.1) is 5.82 Å². The lowest BCUT2D eigenvalue weighted by molar-refractivity contribution is -0.142. The predicted molar refractivity (Wildman–Crippen MR) is 83.6 cm³/mol. The number of carbonyl (C=O) groups excluding carboxylic acids is 2. The molecule has 1 atom stereocenters. The number of halogens is 1. The van der Waals surface area contributed by atoms with E-state index >= 15 is 0 Å². The predicted octanol–water partition coefficient (Wildman–Crippen LogP) is 3.69. The first-order valence-corrected chi connectivity index (χ1v) is 6.79. The van der Waals surface area contributed by atoms with E-state index in [-0.39, 0.29) is 11.1 Å². The zero-order valence-corrected chi connectivity index (χ0v) is 12.6. The van der Waals surface area contributed by atoms with Gasteiger partial charge in [-0.3, -0.25) is 9.59 Å². The highest BCUT2D eigenvalue weighted by molar-refractivity contribution is 5.78. The molecule has 0 spiro atoms. The average molecular weight is 319 g/mol. The van der Waals surface area contributed by atoms with Crippen molar-refractivity contribution in [2.75, 3.05) is 7.11 Å². The number of methoxy groups -OCH3 is 1. The van der Waals surface area contributed by atoms with Gasteiger partial charge in [0.2, 0.25) is 0 Å². The molecule has 0 radical (unpaired) electrons. The van der Waals surface area contributed by atoms with Crippen molar-refractivity contribution in [1.29, 1.82) is 0 Å². The first-order valence-electron chi connectivity index (χ1n) is 8.29. The molecule has 5 heteroatoms.